The van der Waals surface area contributed by atoms with E-state index in [9.17, 15) is 14.7 Å². The van der Waals surface area contributed by atoms with Gasteiger partial charge in [-0.25, -0.2) is 4.98 Å². The van der Waals surface area contributed by atoms with Gasteiger partial charge in [-0.15, -0.1) is 0 Å². The van der Waals surface area contributed by atoms with Crippen molar-refractivity contribution in [2.45, 2.75) is 25.1 Å². The van der Waals surface area contributed by atoms with E-state index in [1.165, 1.54) is 23.7 Å². The minimum Gasteiger partial charge on any atom is -0.390 e. The summed E-state index contributed by atoms with van der Waals surface area (Å²) in [5.74, 6) is -0.381. The first kappa shape index (κ1) is 16.0. The number of nitrogens with one attached hydrogen (secondary N) is 1. The predicted molar refractivity (Wildman–Crippen MR) is 91.1 cm³/mol. The highest BCUT2D eigenvalue weighted by Crippen LogP contribution is 2.25. The number of hydrogen-bond donors (Lipinski definition) is 2. The molecule has 0 spiro atoms. The van der Waals surface area contributed by atoms with Crippen LogP contribution in [0, 0.1) is 0 Å². The van der Waals surface area contributed by atoms with Crippen LogP contribution in [0.25, 0.3) is 0 Å². The van der Waals surface area contributed by atoms with Gasteiger partial charge in [0, 0.05) is 32.4 Å². The van der Waals surface area contributed by atoms with Crippen LogP contribution in [0.3, 0.4) is 0 Å². The fraction of sp³-hybridized carbons (Fsp3) is 0.389. The molecule has 1 aromatic carbocycles. The van der Waals surface area contributed by atoms with E-state index >= 15 is 0 Å². The first-order chi connectivity index (χ1) is 12.1. The van der Waals surface area contributed by atoms with Gasteiger partial charge in [-0.3, -0.25) is 14.5 Å². The molecular weight excluding hydrogens is 320 g/mol. The van der Waals surface area contributed by atoms with Crippen LogP contribution in [-0.4, -0.2) is 62.6 Å². The Morgan fingerprint density at radius 2 is 2.04 bits per heavy atom. The molecule has 1 amide bonds. The summed E-state index contributed by atoms with van der Waals surface area (Å²) in [6.45, 7) is 2.27. The molecule has 0 bridgehead atoms. The lowest BCUT2D eigenvalue weighted by atomic mass is 9.98. The van der Waals surface area contributed by atoms with Crippen molar-refractivity contribution in [2.75, 3.05) is 19.6 Å². The summed E-state index contributed by atoms with van der Waals surface area (Å²) in [5.41, 5.74) is 2.18. The Bertz CT molecular complexity index is 850. The third-order valence-electron chi connectivity index (χ3n) is 5.12. The Labute approximate surface area is 144 Å². The molecule has 0 unspecified atom stereocenters. The number of hydrogen-bond acceptors (Lipinski definition) is 5. The summed E-state index contributed by atoms with van der Waals surface area (Å²) in [7, 11) is 0. The van der Waals surface area contributed by atoms with Crippen molar-refractivity contribution in [3.8, 4) is 0 Å². The Morgan fingerprint density at radius 3 is 2.84 bits per heavy atom. The normalized spacial score (nSPS) is 23.5. The van der Waals surface area contributed by atoms with Crippen LogP contribution in [0.1, 0.15) is 21.5 Å². The number of carbonyl (C=O) groups is 1. The van der Waals surface area contributed by atoms with E-state index in [4.69, 9.17) is 0 Å². The van der Waals surface area contributed by atoms with Crippen molar-refractivity contribution < 1.29 is 9.90 Å². The number of rotatable bonds is 2. The average Bonchev–Trinajstić information content (AvgIpc) is 3.03. The highest BCUT2D eigenvalue weighted by Gasteiger charge is 2.39. The van der Waals surface area contributed by atoms with Gasteiger partial charge >= 0.3 is 0 Å². The molecule has 3 heterocycles. The molecule has 1 fully saturated rings. The monoisotopic (exact) mass is 340 g/mol. The van der Waals surface area contributed by atoms with E-state index in [1.54, 1.807) is 4.90 Å². The number of aromatic nitrogens is 2. The second-order valence-electron chi connectivity index (χ2n) is 6.63. The smallest absolute Gasteiger partial charge is 0.263 e. The van der Waals surface area contributed by atoms with Gasteiger partial charge in [0.25, 0.3) is 11.5 Å². The van der Waals surface area contributed by atoms with Crippen LogP contribution in [0.15, 0.2) is 41.6 Å². The van der Waals surface area contributed by atoms with Crippen LogP contribution in [0.5, 0.6) is 0 Å². The zero-order valence-corrected chi connectivity index (χ0v) is 13.8. The molecule has 2 atom stereocenters. The van der Waals surface area contributed by atoms with Crippen molar-refractivity contribution in [3.05, 3.63) is 63.8 Å². The van der Waals surface area contributed by atoms with Crippen molar-refractivity contribution in [2.24, 2.45) is 0 Å². The van der Waals surface area contributed by atoms with Gasteiger partial charge < -0.3 is 15.0 Å². The molecule has 1 aromatic heterocycles. The zero-order valence-electron chi connectivity index (χ0n) is 13.8. The van der Waals surface area contributed by atoms with Crippen LogP contribution in [0.2, 0.25) is 0 Å². The molecular formula is C18H20N4O3. The number of aliphatic hydroxyl groups is 1. The number of nitrogens with zero attached hydrogens (tertiary/aromatic N) is 3. The molecule has 0 aliphatic carbocycles. The second-order valence-corrected chi connectivity index (χ2v) is 6.63. The van der Waals surface area contributed by atoms with Gasteiger partial charge in [0.15, 0.2) is 0 Å². The van der Waals surface area contributed by atoms with E-state index in [0.717, 1.165) is 19.5 Å². The Balaban J connectivity index is 1.50. The van der Waals surface area contributed by atoms with Gasteiger partial charge in [0.05, 0.1) is 18.5 Å². The number of aromatic amines is 1. The molecule has 1 saturated heterocycles. The number of likely N-dealkylation sites (tertiary alicyclic amines) is 1. The molecule has 7 heteroatoms. The highest BCUT2D eigenvalue weighted by molar-refractivity contribution is 5.93. The Morgan fingerprint density at radius 1 is 1.24 bits per heavy atom. The van der Waals surface area contributed by atoms with Gasteiger partial charge in [-0.1, -0.05) is 24.3 Å². The lowest BCUT2D eigenvalue weighted by Gasteiger charge is -2.34. The topological polar surface area (TPSA) is 89.5 Å². The molecule has 2 aliphatic heterocycles. The second kappa shape index (κ2) is 6.42. The molecule has 0 radical (unpaired) electrons. The van der Waals surface area contributed by atoms with Crippen LogP contribution >= 0.6 is 0 Å². The fourth-order valence-electron chi connectivity index (χ4n) is 3.76. The van der Waals surface area contributed by atoms with Gasteiger partial charge in [0.2, 0.25) is 0 Å². The maximum atomic E-state index is 12.6. The van der Waals surface area contributed by atoms with Crippen molar-refractivity contribution in [1.82, 2.24) is 19.8 Å². The lowest BCUT2D eigenvalue weighted by molar-refractivity contribution is 0.0734. The lowest BCUT2D eigenvalue weighted by Crippen LogP contribution is -2.46. The number of amides is 1. The van der Waals surface area contributed by atoms with Crippen molar-refractivity contribution >= 4 is 5.91 Å². The molecule has 0 saturated carbocycles. The summed E-state index contributed by atoms with van der Waals surface area (Å²) in [6, 6.07) is 8.21. The molecule has 2 N–H and O–H groups in total. The zero-order chi connectivity index (χ0) is 17.4. The van der Waals surface area contributed by atoms with Gasteiger partial charge in [0.1, 0.15) is 5.56 Å². The highest BCUT2D eigenvalue weighted by atomic mass is 16.3. The first-order valence-electron chi connectivity index (χ1n) is 8.44. The Kier molecular flexibility index (Phi) is 4.10. The van der Waals surface area contributed by atoms with Crippen LogP contribution in [0.4, 0.5) is 0 Å². The SMILES string of the molecule is O=C(c1cnc[nH]c1=O)N1C[C@@H](O)[C@H](N2CCc3ccccc3C2)C1. The summed E-state index contributed by atoms with van der Waals surface area (Å²) >= 11 is 0. The minimum atomic E-state index is -0.620. The van der Waals surface area contributed by atoms with Gasteiger partial charge in [-0.2, -0.15) is 0 Å². The molecule has 130 valence electrons. The molecule has 2 aliphatic rings. The number of aliphatic hydroxyl groups excluding tert-OH is 1. The maximum absolute atomic E-state index is 12.6. The summed E-state index contributed by atoms with van der Waals surface area (Å²) in [5, 5.41) is 10.5. The molecule has 25 heavy (non-hydrogen) atoms. The third kappa shape index (κ3) is 2.96. The van der Waals surface area contributed by atoms with Gasteiger partial charge in [-0.05, 0) is 17.5 Å². The maximum Gasteiger partial charge on any atom is 0.263 e. The number of fused-ring (bicyclic) bond motifs is 1. The van der Waals surface area contributed by atoms with E-state index in [0.29, 0.717) is 6.54 Å². The molecule has 4 rings (SSSR count). The predicted octanol–water partition coefficient (Wildman–Crippen LogP) is 0.0135. The van der Waals surface area contributed by atoms with Crippen LogP contribution in [-0.2, 0) is 13.0 Å². The number of benzene rings is 1. The van der Waals surface area contributed by atoms with Crippen molar-refractivity contribution in [1.29, 1.82) is 0 Å². The summed E-state index contributed by atoms with van der Waals surface area (Å²) in [6.07, 6.45) is 2.85. The number of β-amino-alcohol motifs (C(OH)–C–C–N with tert-alkyl or cyclic N) is 1. The number of carbonyl (C=O) groups excluding carboxylic acids is 1. The fourth-order valence-corrected chi connectivity index (χ4v) is 3.76. The quantitative estimate of drug-likeness (QED) is 0.804. The minimum absolute atomic E-state index is 0.0133. The van der Waals surface area contributed by atoms with Crippen molar-refractivity contribution in [3.63, 3.8) is 0 Å². The standard InChI is InChI=1S/C18H20N4O3/c23-16-10-22(18(25)14-7-19-11-20-17(14)24)9-15(16)21-6-5-12-3-1-2-4-13(12)8-21/h1-4,7,11,15-16,23H,5-6,8-10H2,(H,19,20,24)/t15-,16-/m1/s1. The first-order valence-corrected chi connectivity index (χ1v) is 8.44. The van der Waals surface area contributed by atoms with E-state index < -0.39 is 11.7 Å². The van der Waals surface area contributed by atoms with E-state index in [1.807, 2.05) is 12.1 Å². The third-order valence-corrected chi connectivity index (χ3v) is 5.12. The summed E-state index contributed by atoms with van der Waals surface area (Å²) < 4.78 is 0. The summed E-state index contributed by atoms with van der Waals surface area (Å²) in [4.78, 5) is 34.4. The van der Waals surface area contributed by atoms with Crippen LogP contribution < -0.4 is 5.56 Å². The molecule has 7 nitrogen and oxygen atoms in total. The molecule has 2 aromatic rings. The number of H-pyrrole nitrogens is 1. The Hall–Kier alpha value is -2.51. The van der Waals surface area contributed by atoms with E-state index in [-0.39, 0.29) is 24.1 Å². The largest absolute Gasteiger partial charge is 0.390 e. The van der Waals surface area contributed by atoms with E-state index in [2.05, 4.69) is 27.0 Å². The average molecular weight is 340 g/mol.